The first-order valence-corrected chi connectivity index (χ1v) is 17.2. The second-order valence-electron chi connectivity index (χ2n) is 13.0. The molecule has 2 aromatic heterocycles. The number of para-hydroxylation sites is 2. The highest BCUT2D eigenvalue weighted by Crippen LogP contribution is 2.42. The maximum Gasteiger partial charge on any atom is 0.0641 e. The first kappa shape index (κ1) is 28.4. The van der Waals surface area contributed by atoms with E-state index in [0.29, 0.717) is 0 Å². The van der Waals surface area contributed by atoms with Crippen molar-refractivity contribution < 1.29 is 0 Å². The van der Waals surface area contributed by atoms with Gasteiger partial charge in [-0.1, -0.05) is 146 Å². The molecule has 234 valence electrons. The van der Waals surface area contributed by atoms with Gasteiger partial charge in [-0.15, -0.1) is 0 Å². The molecular weight excluding hydrogens is 605 g/mol. The number of rotatable bonds is 5. The van der Waals surface area contributed by atoms with Gasteiger partial charge >= 0.3 is 0 Å². The van der Waals surface area contributed by atoms with E-state index in [1.165, 1.54) is 77.0 Å². The van der Waals surface area contributed by atoms with E-state index in [1.807, 2.05) is 0 Å². The third kappa shape index (κ3) is 4.50. The maximum atomic E-state index is 2.46. The zero-order chi connectivity index (χ0) is 33.0. The fourth-order valence-corrected chi connectivity index (χ4v) is 7.80. The van der Waals surface area contributed by atoms with Crippen molar-refractivity contribution in [3.63, 3.8) is 0 Å². The highest BCUT2D eigenvalue weighted by molar-refractivity contribution is 6.26. The molecule has 0 spiro atoms. The van der Waals surface area contributed by atoms with Crippen LogP contribution in [0.3, 0.4) is 0 Å². The minimum absolute atomic E-state index is 1.15. The second kappa shape index (κ2) is 11.5. The summed E-state index contributed by atoms with van der Waals surface area (Å²) in [5.74, 6) is 0. The third-order valence-corrected chi connectivity index (χ3v) is 10.1. The van der Waals surface area contributed by atoms with E-state index in [0.717, 1.165) is 11.4 Å². The van der Waals surface area contributed by atoms with Crippen LogP contribution in [0.25, 0.3) is 88.4 Å². The number of nitrogens with zero attached hydrogens (tertiary/aromatic N) is 2. The van der Waals surface area contributed by atoms with Gasteiger partial charge < -0.3 is 9.13 Å². The highest BCUT2D eigenvalue weighted by Gasteiger charge is 2.20. The van der Waals surface area contributed by atoms with E-state index in [1.54, 1.807) is 0 Å². The molecule has 50 heavy (non-hydrogen) atoms. The van der Waals surface area contributed by atoms with Crippen LogP contribution in [0, 0.1) is 0 Å². The van der Waals surface area contributed by atoms with Crippen LogP contribution >= 0.6 is 0 Å². The molecule has 10 aromatic rings. The fourth-order valence-electron chi connectivity index (χ4n) is 7.80. The van der Waals surface area contributed by atoms with Crippen molar-refractivity contribution in [1.29, 1.82) is 0 Å². The van der Waals surface area contributed by atoms with Crippen LogP contribution in [0.2, 0.25) is 0 Å². The Morgan fingerprint density at radius 1 is 0.260 bits per heavy atom. The Kier molecular flexibility index (Phi) is 6.53. The lowest BCUT2D eigenvalue weighted by atomic mass is 9.99. The summed E-state index contributed by atoms with van der Waals surface area (Å²) in [4.78, 5) is 0. The lowest BCUT2D eigenvalue weighted by Crippen LogP contribution is -1.95. The van der Waals surface area contributed by atoms with Gasteiger partial charge in [-0.05, 0) is 81.9 Å². The second-order valence-corrected chi connectivity index (χ2v) is 13.0. The van der Waals surface area contributed by atoms with E-state index >= 15 is 0 Å². The molecule has 0 atom stereocenters. The van der Waals surface area contributed by atoms with Crippen LogP contribution in [0.5, 0.6) is 0 Å². The summed E-state index contributed by atoms with van der Waals surface area (Å²) in [6.45, 7) is 0. The number of benzene rings is 8. The number of aromatic nitrogens is 2. The molecule has 0 amide bonds. The normalized spacial score (nSPS) is 11.6. The topological polar surface area (TPSA) is 9.86 Å². The molecule has 2 heteroatoms. The van der Waals surface area contributed by atoms with Crippen LogP contribution in [0.4, 0.5) is 0 Å². The molecule has 0 aliphatic carbocycles. The van der Waals surface area contributed by atoms with Gasteiger partial charge in [0.2, 0.25) is 0 Å². The summed E-state index contributed by atoms with van der Waals surface area (Å²) >= 11 is 0. The van der Waals surface area contributed by atoms with E-state index in [4.69, 9.17) is 0 Å². The van der Waals surface area contributed by atoms with Gasteiger partial charge in [-0.25, -0.2) is 0 Å². The summed E-state index contributed by atoms with van der Waals surface area (Å²) in [6.07, 6.45) is 0. The Labute approximate surface area is 290 Å². The summed E-state index contributed by atoms with van der Waals surface area (Å²) in [6, 6.07) is 70.3. The number of fused-ring (bicyclic) bond motifs is 7. The third-order valence-electron chi connectivity index (χ3n) is 10.1. The van der Waals surface area contributed by atoms with Crippen molar-refractivity contribution in [1.82, 2.24) is 9.13 Å². The van der Waals surface area contributed by atoms with E-state index in [-0.39, 0.29) is 0 Å². The summed E-state index contributed by atoms with van der Waals surface area (Å²) in [5, 5.41) is 5.03. The Bertz CT molecular complexity index is 2820. The molecule has 2 nitrogen and oxygen atoms in total. The van der Waals surface area contributed by atoms with Crippen molar-refractivity contribution in [2.75, 3.05) is 0 Å². The molecule has 10 rings (SSSR count). The van der Waals surface area contributed by atoms with Crippen LogP contribution in [0.15, 0.2) is 194 Å². The Morgan fingerprint density at radius 2 is 0.720 bits per heavy atom. The molecule has 0 N–H and O–H groups in total. The lowest BCUT2D eigenvalue weighted by Gasteiger charge is -2.12. The molecule has 8 aromatic carbocycles. The van der Waals surface area contributed by atoms with Crippen LogP contribution < -0.4 is 0 Å². The van der Waals surface area contributed by atoms with Crippen molar-refractivity contribution in [2.45, 2.75) is 0 Å². The van der Waals surface area contributed by atoms with Crippen molar-refractivity contribution in [3.8, 4) is 44.8 Å². The van der Waals surface area contributed by atoms with Crippen LogP contribution in [0.1, 0.15) is 0 Å². The predicted molar refractivity (Wildman–Crippen MR) is 211 cm³/mol. The van der Waals surface area contributed by atoms with Gasteiger partial charge in [0, 0.05) is 32.9 Å². The van der Waals surface area contributed by atoms with Crippen molar-refractivity contribution >= 4 is 43.6 Å². The van der Waals surface area contributed by atoms with Crippen molar-refractivity contribution in [3.05, 3.63) is 194 Å². The average molecular weight is 637 g/mol. The molecule has 0 saturated heterocycles. The lowest BCUT2D eigenvalue weighted by molar-refractivity contribution is 1.17. The van der Waals surface area contributed by atoms with Gasteiger partial charge in [0.15, 0.2) is 0 Å². The van der Waals surface area contributed by atoms with Gasteiger partial charge in [0.1, 0.15) is 0 Å². The first-order chi connectivity index (χ1) is 24.8. The monoisotopic (exact) mass is 636 g/mol. The zero-order valence-electron chi connectivity index (χ0n) is 27.4. The molecule has 2 heterocycles. The standard InChI is InChI=1S/C48H32N2/c1-3-12-33(13-4-1)35-22-26-39(27-23-35)49-45-21-10-8-19-43(45)47-46(49)31-30-42-41-18-7-9-20-44(41)50(48(42)47)40-28-24-36(25-29-40)38-17-11-16-37(32-38)34-14-5-2-6-15-34/h1-32H. The van der Waals surface area contributed by atoms with E-state index < -0.39 is 0 Å². The Morgan fingerprint density at radius 3 is 1.36 bits per heavy atom. The average Bonchev–Trinajstić information content (AvgIpc) is 3.72. The predicted octanol–water partition coefficient (Wildman–Crippen LogP) is 12.9. The Hall–Kier alpha value is -6.64. The first-order valence-electron chi connectivity index (χ1n) is 17.2. The molecule has 0 unspecified atom stereocenters. The van der Waals surface area contributed by atoms with E-state index in [9.17, 15) is 0 Å². The van der Waals surface area contributed by atoms with Crippen molar-refractivity contribution in [2.24, 2.45) is 0 Å². The summed E-state index contributed by atoms with van der Waals surface area (Å²) in [7, 11) is 0. The molecular formula is C48H32N2. The minimum Gasteiger partial charge on any atom is -0.309 e. The fraction of sp³-hybridized carbons (Fsp3) is 0. The molecule has 0 aliphatic heterocycles. The minimum atomic E-state index is 1.15. The summed E-state index contributed by atoms with van der Waals surface area (Å²) < 4.78 is 4.89. The van der Waals surface area contributed by atoms with Crippen LogP contribution in [-0.4, -0.2) is 9.13 Å². The number of hydrogen-bond donors (Lipinski definition) is 0. The molecule has 0 aliphatic rings. The van der Waals surface area contributed by atoms with Gasteiger partial charge in [0.25, 0.3) is 0 Å². The zero-order valence-corrected chi connectivity index (χ0v) is 27.4. The Balaban J connectivity index is 1.17. The molecule has 0 saturated carbocycles. The van der Waals surface area contributed by atoms with Gasteiger partial charge in [-0.2, -0.15) is 0 Å². The molecule has 0 bridgehead atoms. The number of hydrogen-bond acceptors (Lipinski definition) is 0. The van der Waals surface area contributed by atoms with Gasteiger partial charge in [-0.3, -0.25) is 0 Å². The maximum absolute atomic E-state index is 2.46. The highest BCUT2D eigenvalue weighted by atomic mass is 15.0. The van der Waals surface area contributed by atoms with Crippen LogP contribution in [-0.2, 0) is 0 Å². The SMILES string of the molecule is c1ccc(-c2ccc(-n3c4ccccc4c4c3ccc3c5ccccc5n(-c5ccc(-c6cccc(-c7ccccc7)c6)cc5)c34)cc2)cc1. The quantitative estimate of drug-likeness (QED) is 0.178. The van der Waals surface area contributed by atoms with E-state index in [2.05, 4.69) is 203 Å². The molecule has 0 fully saturated rings. The smallest absolute Gasteiger partial charge is 0.0641 e. The van der Waals surface area contributed by atoms with Gasteiger partial charge in [0.05, 0.1) is 22.1 Å². The summed E-state index contributed by atoms with van der Waals surface area (Å²) in [5.41, 5.74) is 14.5. The molecule has 0 radical (unpaired) electrons. The largest absolute Gasteiger partial charge is 0.309 e.